The van der Waals surface area contributed by atoms with Crippen molar-refractivity contribution in [1.82, 2.24) is 20.1 Å². The Morgan fingerprint density at radius 1 is 1.69 bits per heavy atom. The summed E-state index contributed by atoms with van der Waals surface area (Å²) in [6.45, 7) is 2.44. The number of aryl methyl sites for hydroxylation is 1. The van der Waals surface area contributed by atoms with E-state index in [-0.39, 0.29) is 5.91 Å². The molecule has 0 spiro atoms. The molecule has 1 amide bonds. The molecule has 0 aliphatic carbocycles. The number of amides is 1. The fourth-order valence-electron chi connectivity index (χ4n) is 1.32. The summed E-state index contributed by atoms with van der Waals surface area (Å²) in [6, 6.07) is -0.423. The highest BCUT2D eigenvalue weighted by Crippen LogP contribution is 1.98. The molecular formula is C10H19N5O. The van der Waals surface area contributed by atoms with E-state index in [2.05, 4.69) is 22.4 Å². The molecule has 3 N–H and O–H groups in total. The Morgan fingerprint density at radius 2 is 2.44 bits per heavy atom. The number of nitrogens with one attached hydrogen (secondary N) is 1. The van der Waals surface area contributed by atoms with Gasteiger partial charge in [0.25, 0.3) is 0 Å². The van der Waals surface area contributed by atoms with Gasteiger partial charge in [-0.05, 0) is 6.42 Å². The third-order valence-corrected chi connectivity index (χ3v) is 2.43. The Morgan fingerprint density at radius 3 is 3.00 bits per heavy atom. The van der Waals surface area contributed by atoms with E-state index < -0.39 is 6.04 Å². The number of nitrogens with two attached hydrogens (primary N) is 1. The van der Waals surface area contributed by atoms with Crippen molar-refractivity contribution in [3.05, 3.63) is 12.2 Å². The Labute approximate surface area is 95.2 Å². The molecule has 0 saturated carbocycles. The van der Waals surface area contributed by atoms with E-state index in [1.165, 1.54) is 0 Å². The first-order valence-corrected chi connectivity index (χ1v) is 5.51. The van der Waals surface area contributed by atoms with Crippen molar-refractivity contribution in [2.45, 2.75) is 38.8 Å². The highest BCUT2D eigenvalue weighted by molar-refractivity contribution is 5.81. The van der Waals surface area contributed by atoms with E-state index >= 15 is 0 Å². The van der Waals surface area contributed by atoms with Gasteiger partial charge >= 0.3 is 0 Å². The minimum atomic E-state index is -0.423. The molecule has 0 aromatic carbocycles. The lowest BCUT2D eigenvalue weighted by Crippen LogP contribution is -2.40. The zero-order valence-electron chi connectivity index (χ0n) is 9.81. The smallest absolute Gasteiger partial charge is 0.237 e. The third-order valence-electron chi connectivity index (χ3n) is 2.43. The van der Waals surface area contributed by atoms with Crippen LogP contribution < -0.4 is 11.1 Å². The molecule has 1 atom stereocenters. The third kappa shape index (κ3) is 3.62. The summed E-state index contributed by atoms with van der Waals surface area (Å²) in [7, 11) is 1.83. The van der Waals surface area contributed by atoms with Gasteiger partial charge in [0.15, 0.2) is 5.82 Å². The highest BCUT2D eigenvalue weighted by Gasteiger charge is 2.12. The fraction of sp³-hybridized carbons (Fsp3) is 0.700. The maximum Gasteiger partial charge on any atom is 0.237 e. The minimum Gasteiger partial charge on any atom is -0.347 e. The average Bonchev–Trinajstić information content (AvgIpc) is 2.68. The number of hydrogen-bond acceptors (Lipinski definition) is 4. The van der Waals surface area contributed by atoms with Crippen molar-refractivity contribution in [3.63, 3.8) is 0 Å². The van der Waals surface area contributed by atoms with Crippen LogP contribution in [-0.2, 0) is 18.4 Å². The largest absolute Gasteiger partial charge is 0.347 e. The quantitative estimate of drug-likeness (QED) is 0.710. The van der Waals surface area contributed by atoms with Gasteiger partial charge in [-0.15, -0.1) is 10.2 Å². The first-order valence-electron chi connectivity index (χ1n) is 5.51. The summed E-state index contributed by atoms with van der Waals surface area (Å²) in [5, 5.41) is 10.3. The van der Waals surface area contributed by atoms with Crippen LogP contribution in [0.4, 0.5) is 0 Å². The van der Waals surface area contributed by atoms with E-state index in [4.69, 9.17) is 5.73 Å². The molecule has 90 valence electrons. The molecule has 0 bridgehead atoms. The Balaban J connectivity index is 2.32. The van der Waals surface area contributed by atoms with Crippen LogP contribution in [-0.4, -0.2) is 26.7 Å². The summed E-state index contributed by atoms with van der Waals surface area (Å²) >= 11 is 0. The van der Waals surface area contributed by atoms with Crippen LogP contribution in [0.3, 0.4) is 0 Å². The van der Waals surface area contributed by atoms with E-state index in [0.29, 0.717) is 6.54 Å². The zero-order chi connectivity index (χ0) is 12.0. The molecule has 0 aliphatic heterocycles. The monoisotopic (exact) mass is 225 g/mol. The number of aromatic nitrogens is 3. The SMILES string of the molecule is CCCCC(N)C(=O)NCc1nncn1C. The molecule has 16 heavy (non-hydrogen) atoms. The number of carbonyl (C=O) groups is 1. The maximum absolute atomic E-state index is 11.6. The van der Waals surface area contributed by atoms with Crippen LogP contribution in [0.1, 0.15) is 32.0 Å². The number of rotatable bonds is 6. The second-order valence-corrected chi connectivity index (χ2v) is 3.82. The molecule has 6 nitrogen and oxygen atoms in total. The Hall–Kier alpha value is -1.43. The lowest BCUT2D eigenvalue weighted by Gasteiger charge is -2.11. The molecule has 1 aromatic rings. The number of unbranched alkanes of at least 4 members (excludes halogenated alkanes) is 1. The summed E-state index contributed by atoms with van der Waals surface area (Å²) < 4.78 is 1.76. The van der Waals surface area contributed by atoms with Crippen LogP contribution >= 0.6 is 0 Å². The number of nitrogens with zero attached hydrogens (tertiary/aromatic N) is 3. The van der Waals surface area contributed by atoms with E-state index in [9.17, 15) is 4.79 Å². The Kier molecular flexibility index (Phi) is 4.91. The molecule has 1 aromatic heterocycles. The first-order chi connectivity index (χ1) is 7.65. The molecule has 1 unspecified atom stereocenters. The van der Waals surface area contributed by atoms with Gasteiger partial charge in [0.2, 0.25) is 5.91 Å². The van der Waals surface area contributed by atoms with Crippen molar-refractivity contribution in [2.75, 3.05) is 0 Å². The standard InChI is InChI=1S/C10H19N5O/c1-3-4-5-8(11)10(16)12-6-9-14-13-7-15(9)2/h7-8H,3-6,11H2,1-2H3,(H,12,16). The molecule has 1 rings (SSSR count). The molecule has 6 heteroatoms. The van der Waals surface area contributed by atoms with E-state index in [1.807, 2.05) is 7.05 Å². The average molecular weight is 225 g/mol. The van der Waals surface area contributed by atoms with Gasteiger partial charge in [-0.1, -0.05) is 19.8 Å². The second-order valence-electron chi connectivity index (χ2n) is 3.82. The van der Waals surface area contributed by atoms with Crippen molar-refractivity contribution in [3.8, 4) is 0 Å². The zero-order valence-corrected chi connectivity index (χ0v) is 9.81. The molecule has 0 radical (unpaired) electrons. The summed E-state index contributed by atoms with van der Waals surface area (Å²) in [5.41, 5.74) is 5.73. The maximum atomic E-state index is 11.6. The molecule has 0 saturated heterocycles. The van der Waals surface area contributed by atoms with Crippen molar-refractivity contribution in [2.24, 2.45) is 12.8 Å². The van der Waals surface area contributed by atoms with Gasteiger partial charge in [0, 0.05) is 7.05 Å². The molecule has 0 aliphatic rings. The predicted octanol–water partition coefficient (Wildman–Crippen LogP) is -0.0512. The van der Waals surface area contributed by atoms with Crippen molar-refractivity contribution < 1.29 is 4.79 Å². The fourth-order valence-corrected chi connectivity index (χ4v) is 1.32. The molecule has 0 fully saturated rings. The van der Waals surface area contributed by atoms with Crippen LogP contribution in [0.15, 0.2) is 6.33 Å². The lowest BCUT2D eigenvalue weighted by atomic mass is 10.1. The first kappa shape index (κ1) is 12.6. The van der Waals surface area contributed by atoms with Gasteiger partial charge < -0.3 is 15.6 Å². The van der Waals surface area contributed by atoms with Crippen LogP contribution in [0.5, 0.6) is 0 Å². The minimum absolute atomic E-state index is 0.128. The van der Waals surface area contributed by atoms with Gasteiger partial charge in [-0.3, -0.25) is 4.79 Å². The van der Waals surface area contributed by atoms with Gasteiger partial charge in [-0.2, -0.15) is 0 Å². The normalized spacial score (nSPS) is 12.4. The predicted molar refractivity (Wildman–Crippen MR) is 60.4 cm³/mol. The van der Waals surface area contributed by atoms with Crippen LogP contribution in [0.25, 0.3) is 0 Å². The second kappa shape index (κ2) is 6.22. The van der Waals surface area contributed by atoms with Crippen molar-refractivity contribution >= 4 is 5.91 Å². The highest BCUT2D eigenvalue weighted by atomic mass is 16.2. The topological polar surface area (TPSA) is 85.8 Å². The lowest BCUT2D eigenvalue weighted by molar-refractivity contribution is -0.122. The van der Waals surface area contributed by atoms with Crippen LogP contribution in [0.2, 0.25) is 0 Å². The molecular weight excluding hydrogens is 206 g/mol. The summed E-state index contributed by atoms with van der Waals surface area (Å²) in [4.78, 5) is 11.6. The number of carbonyl (C=O) groups excluding carboxylic acids is 1. The van der Waals surface area contributed by atoms with Gasteiger partial charge in [-0.25, -0.2) is 0 Å². The van der Waals surface area contributed by atoms with E-state index in [1.54, 1.807) is 10.9 Å². The number of hydrogen-bond donors (Lipinski definition) is 2. The summed E-state index contributed by atoms with van der Waals surface area (Å²) in [6.07, 6.45) is 4.34. The van der Waals surface area contributed by atoms with E-state index in [0.717, 1.165) is 25.1 Å². The Bertz CT molecular complexity index is 336. The van der Waals surface area contributed by atoms with Crippen molar-refractivity contribution in [1.29, 1.82) is 0 Å². The van der Waals surface area contributed by atoms with Gasteiger partial charge in [0.05, 0.1) is 12.6 Å². The van der Waals surface area contributed by atoms with Gasteiger partial charge in [0.1, 0.15) is 6.33 Å². The summed E-state index contributed by atoms with van der Waals surface area (Å²) in [5.74, 6) is 0.590. The molecule has 1 heterocycles. The van der Waals surface area contributed by atoms with Crippen LogP contribution in [0, 0.1) is 0 Å².